The summed E-state index contributed by atoms with van der Waals surface area (Å²) in [5.41, 5.74) is 4.63. The Kier molecular flexibility index (Phi) is 6.69. The highest BCUT2D eigenvalue weighted by Gasteiger charge is 2.24. The number of pyridine rings is 1. The Morgan fingerprint density at radius 2 is 1.82 bits per heavy atom. The Balaban J connectivity index is 1.21. The first-order valence-electron chi connectivity index (χ1n) is 10.9. The van der Waals surface area contributed by atoms with E-state index in [2.05, 4.69) is 21.4 Å². The summed E-state index contributed by atoms with van der Waals surface area (Å²) in [7, 11) is 0. The number of thiazole rings is 1. The number of fused-ring (bicyclic) bond motifs is 1. The normalized spacial score (nSPS) is 12.4. The molecule has 0 fully saturated rings. The van der Waals surface area contributed by atoms with Gasteiger partial charge in [0, 0.05) is 40.5 Å². The Hall–Kier alpha value is -3.49. The van der Waals surface area contributed by atoms with Crippen molar-refractivity contribution in [3.05, 3.63) is 94.6 Å². The maximum absolute atomic E-state index is 12.9. The number of benzene rings is 2. The Labute approximate surface area is 206 Å². The lowest BCUT2D eigenvalue weighted by atomic mass is 10.2. The molecule has 0 saturated heterocycles. The molecule has 2 aromatic carbocycles. The predicted octanol–water partition coefficient (Wildman–Crippen LogP) is 4.82. The van der Waals surface area contributed by atoms with Gasteiger partial charge in [-0.15, -0.1) is 23.1 Å². The van der Waals surface area contributed by atoms with Gasteiger partial charge in [-0.3, -0.25) is 14.6 Å². The van der Waals surface area contributed by atoms with E-state index >= 15 is 0 Å². The third-order valence-electron chi connectivity index (χ3n) is 5.60. The van der Waals surface area contributed by atoms with Crippen LogP contribution in [0.2, 0.25) is 0 Å². The SMILES string of the molecule is O=C(NCc1nc(-c2ccncc2)cs1)c1ccccc1SCC(=O)N1CCc2ccccc21. The number of aromatic nitrogens is 2. The molecule has 34 heavy (non-hydrogen) atoms. The molecule has 1 aliphatic heterocycles. The summed E-state index contributed by atoms with van der Waals surface area (Å²) in [5.74, 6) is 0.153. The number of nitrogens with one attached hydrogen (secondary N) is 1. The van der Waals surface area contributed by atoms with Crippen LogP contribution in [0.5, 0.6) is 0 Å². The van der Waals surface area contributed by atoms with Crippen molar-refractivity contribution in [3.8, 4) is 11.3 Å². The zero-order valence-corrected chi connectivity index (χ0v) is 19.9. The van der Waals surface area contributed by atoms with Gasteiger partial charge in [0.15, 0.2) is 0 Å². The minimum atomic E-state index is -0.178. The Morgan fingerprint density at radius 3 is 2.71 bits per heavy atom. The minimum absolute atomic E-state index is 0.0524. The molecule has 0 saturated carbocycles. The van der Waals surface area contributed by atoms with Crippen molar-refractivity contribution in [2.24, 2.45) is 0 Å². The molecule has 2 aromatic heterocycles. The van der Waals surface area contributed by atoms with Crippen molar-refractivity contribution < 1.29 is 9.59 Å². The van der Waals surface area contributed by atoms with Gasteiger partial charge >= 0.3 is 0 Å². The molecule has 170 valence electrons. The van der Waals surface area contributed by atoms with Crippen LogP contribution in [0.15, 0.2) is 83.3 Å². The molecule has 0 unspecified atom stereocenters. The van der Waals surface area contributed by atoms with Gasteiger partial charge in [-0.2, -0.15) is 0 Å². The van der Waals surface area contributed by atoms with Crippen molar-refractivity contribution in [3.63, 3.8) is 0 Å². The Morgan fingerprint density at radius 1 is 1.03 bits per heavy atom. The lowest BCUT2D eigenvalue weighted by molar-refractivity contribution is -0.116. The van der Waals surface area contributed by atoms with E-state index in [4.69, 9.17) is 0 Å². The number of nitrogens with zero attached hydrogens (tertiary/aromatic N) is 3. The van der Waals surface area contributed by atoms with Gasteiger partial charge in [-0.1, -0.05) is 30.3 Å². The molecule has 0 spiro atoms. The summed E-state index contributed by atoms with van der Waals surface area (Å²) in [5, 5.41) is 5.77. The summed E-state index contributed by atoms with van der Waals surface area (Å²) in [6.45, 7) is 1.05. The number of hydrogen-bond donors (Lipinski definition) is 1. The molecule has 1 aliphatic rings. The van der Waals surface area contributed by atoms with Crippen LogP contribution >= 0.6 is 23.1 Å². The molecule has 0 radical (unpaired) electrons. The monoisotopic (exact) mass is 486 g/mol. The van der Waals surface area contributed by atoms with Crippen molar-refractivity contribution in [1.82, 2.24) is 15.3 Å². The largest absolute Gasteiger partial charge is 0.345 e. The van der Waals surface area contributed by atoms with Crippen molar-refractivity contribution in [2.75, 3.05) is 17.2 Å². The summed E-state index contributed by atoms with van der Waals surface area (Å²) < 4.78 is 0. The lowest BCUT2D eigenvalue weighted by Gasteiger charge is -2.17. The first-order chi connectivity index (χ1) is 16.7. The van der Waals surface area contributed by atoms with Crippen molar-refractivity contribution in [1.29, 1.82) is 0 Å². The van der Waals surface area contributed by atoms with Gasteiger partial charge < -0.3 is 10.2 Å². The van der Waals surface area contributed by atoms with Crippen LogP contribution in [0.4, 0.5) is 5.69 Å². The highest BCUT2D eigenvalue weighted by Crippen LogP contribution is 2.30. The molecule has 2 amide bonds. The Bertz CT molecular complexity index is 1320. The fourth-order valence-electron chi connectivity index (χ4n) is 3.89. The highest BCUT2D eigenvalue weighted by atomic mass is 32.2. The molecule has 4 aromatic rings. The lowest BCUT2D eigenvalue weighted by Crippen LogP contribution is -2.30. The van der Waals surface area contributed by atoms with Crippen LogP contribution in [-0.4, -0.2) is 34.1 Å². The smallest absolute Gasteiger partial charge is 0.252 e. The van der Waals surface area contributed by atoms with E-state index in [1.54, 1.807) is 18.5 Å². The summed E-state index contributed by atoms with van der Waals surface area (Å²) >= 11 is 2.90. The fourth-order valence-corrected chi connectivity index (χ4v) is 5.56. The van der Waals surface area contributed by atoms with Gasteiger partial charge in [0.05, 0.1) is 23.6 Å². The second kappa shape index (κ2) is 10.2. The van der Waals surface area contributed by atoms with Crippen LogP contribution < -0.4 is 10.2 Å². The van der Waals surface area contributed by atoms with Gasteiger partial charge in [-0.25, -0.2) is 4.98 Å². The zero-order valence-electron chi connectivity index (χ0n) is 18.3. The number of para-hydroxylation sites is 1. The van der Waals surface area contributed by atoms with Crippen LogP contribution in [0.3, 0.4) is 0 Å². The number of carbonyl (C=O) groups is 2. The van der Waals surface area contributed by atoms with Gasteiger partial charge in [0.1, 0.15) is 5.01 Å². The van der Waals surface area contributed by atoms with E-state index in [1.807, 2.05) is 58.8 Å². The van der Waals surface area contributed by atoms with Gasteiger partial charge in [-0.05, 0) is 42.3 Å². The topological polar surface area (TPSA) is 75.2 Å². The van der Waals surface area contributed by atoms with Gasteiger partial charge in [0.2, 0.25) is 5.91 Å². The summed E-state index contributed by atoms with van der Waals surface area (Å²) in [6, 6.07) is 19.2. The fraction of sp³-hybridized carbons (Fsp3) is 0.154. The number of rotatable bonds is 7. The zero-order chi connectivity index (χ0) is 23.3. The first kappa shape index (κ1) is 22.3. The molecule has 0 aliphatic carbocycles. The van der Waals surface area contributed by atoms with E-state index in [-0.39, 0.29) is 17.6 Å². The second-order valence-corrected chi connectivity index (χ2v) is 9.71. The predicted molar refractivity (Wildman–Crippen MR) is 136 cm³/mol. The van der Waals surface area contributed by atoms with Crippen LogP contribution in [-0.2, 0) is 17.8 Å². The minimum Gasteiger partial charge on any atom is -0.345 e. The molecule has 0 atom stereocenters. The second-order valence-electron chi connectivity index (χ2n) is 7.75. The molecule has 8 heteroatoms. The number of carbonyl (C=O) groups excluding carboxylic acids is 2. The van der Waals surface area contributed by atoms with Crippen LogP contribution in [0.25, 0.3) is 11.3 Å². The van der Waals surface area contributed by atoms with E-state index < -0.39 is 0 Å². The standard InChI is InChI=1S/C26H22N4O2S2/c31-25(30-14-11-19-5-1-3-7-22(19)30)17-33-23-8-4-2-6-20(23)26(32)28-15-24-29-21(16-34-24)18-9-12-27-13-10-18/h1-10,12-13,16H,11,14-15,17H2,(H,28,32). The molecule has 6 nitrogen and oxygen atoms in total. The third-order valence-corrected chi connectivity index (χ3v) is 7.51. The van der Waals surface area contributed by atoms with E-state index in [0.29, 0.717) is 18.7 Å². The maximum atomic E-state index is 12.9. The molecule has 1 N–H and O–H groups in total. The molecular weight excluding hydrogens is 464 g/mol. The first-order valence-corrected chi connectivity index (χ1v) is 12.8. The van der Waals surface area contributed by atoms with E-state index in [1.165, 1.54) is 28.7 Å². The third kappa shape index (κ3) is 4.88. The van der Waals surface area contributed by atoms with Crippen LogP contribution in [0, 0.1) is 0 Å². The van der Waals surface area contributed by atoms with Crippen molar-refractivity contribution in [2.45, 2.75) is 17.9 Å². The van der Waals surface area contributed by atoms with E-state index in [0.717, 1.165) is 33.3 Å². The average molecular weight is 487 g/mol. The number of thioether (sulfide) groups is 1. The summed E-state index contributed by atoms with van der Waals surface area (Å²) in [6.07, 6.45) is 4.35. The average Bonchev–Trinajstić information content (AvgIpc) is 3.54. The van der Waals surface area contributed by atoms with E-state index in [9.17, 15) is 9.59 Å². The molecule has 3 heterocycles. The maximum Gasteiger partial charge on any atom is 0.252 e. The molecule has 5 rings (SSSR count). The molecular formula is C26H22N4O2S2. The van der Waals surface area contributed by atoms with Gasteiger partial charge in [0.25, 0.3) is 5.91 Å². The number of amides is 2. The van der Waals surface area contributed by atoms with Crippen molar-refractivity contribution >= 4 is 40.6 Å². The quantitative estimate of drug-likeness (QED) is 0.379. The number of anilines is 1. The highest BCUT2D eigenvalue weighted by molar-refractivity contribution is 8.00. The number of hydrogen-bond acceptors (Lipinski definition) is 6. The summed E-state index contributed by atoms with van der Waals surface area (Å²) in [4.78, 5) is 37.1. The van der Waals surface area contributed by atoms with Crippen LogP contribution in [0.1, 0.15) is 20.9 Å². The molecule has 0 bridgehead atoms.